The topological polar surface area (TPSA) is 70.4 Å². The van der Waals surface area contributed by atoms with Gasteiger partial charge in [0.25, 0.3) is 11.8 Å². The average molecular weight is 477 g/mol. The van der Waals surface area contributed by atoms with E-state index in [1.807, 2.05) is 30.3 Å². The van der Waals surface area contributed by atoms with Crippen molar-refractivity contribution in [1.82, 2.24) is 4.90 Å². The number of amides is 2. The first-order valence-corrected chi connectivity index (χ1v) is 12.0. The maximum absolute atomic E-state index is 13.3. The summed E-state index contributed by atoms with van der Waals surface area (Å²) in [5.41, 5.74) is 2.06. The van der Waals surface area contributed by atoms with Crippen LogP contribution in [0.4, 0.5) is 0 Å². The average Bonchev–Trinajstić information content (AvgIpc) is 2.84. The fourth-order valence-corrected chi connectivity index (χ4v) is 3.99. The van der Waals surface area contributed by atoms with Crippen molar-refractivity contribution in [2.45, 2.75) is 52.5 Å². The number of hydrogen-bond donors (Lipinski definition) is 0. The summed E-state index contributed by atoms with van der Waals surface area (Å²) in [6.07, 6.45) is 7.60. The Labute approximate surface area is 206 Å². The smallest absolute Gasteiger partial charge is 0.271 e. The number of imide groups is 1. The molecule has 0 unspecified atom stereocenters. The molecule has 0 saturated carbocycles. The van der Waals surface area contributed by atoms with Gasteiger partial charge in [-0.1, -0.05) is 74.5 Å². The highest BCUT2D eigenvalue weighted by molar-refractivity contribution is 6.31. The molecule has 2 amide bonds. The van der Waals surface area contributed by atoms with Crippen molar-refractivity contribution in [1.29, 1.82) is 5.26 Å². The normalized spacial score (nSPS) is 15.1. The van der Waals surface area contributed by atoms with E-state index in [4.69, 9.17) is 16.3 Å². The van der Waals surface area contributed by atoms with Crippen molar-refractivity contribution in [3.63, 3.8) is 0 Å². The number of unbranched alkanes of at least 4 members (excludes halogenated alkanes) is 4. The monoisotopic (exact) mass is 476 g/mol. The molecule has 0 spiro atoms. The van der Waals surface area contributed by atoms with E-state index in [2.05, 4.69) is 6.92 Å². The van der Waals surface area contributed by atoms with Crippen LogP contribution in [0, 0.1) is 11.3 Å². The minimum absolute atomic E-state index is 0.00181. The Balaban J connectivity index is 1.77. The lowest BCUT2D eigenvalue weighted by molar-refractivity contribution is -0.141. The molecule has 0 bridgehead atoms. The quantitative estimate of drug-likeness (QED) is 0.223. The number of nitrogens with zero attached hydrogens (tertiary/aromatic N) is 2. The van der Waals surface area contributed by atoms with E-state index in [1.54, 1.807) is 37.3 Å². The van der Waals surface area contributed by atoms with Gasteiger partial charge in [-0.2, -0.15) is 5.26 Å². The lowest BCUT2D eigenvalue weighted by atomic mass is 9.93. The summed E-state index contributed by atoms with van der Waals surface area (Å²) in [4.78, 5) is 27.2. The second-order valence-electron chi connectivity index (χ2n) is 8.29. The third-order valence-electron chi connectivity index (χ3n) is 5.82. The van der Waals surface area contributed by atoms with Crippen molar-refractivity contribution in [3.8, 4) is 11.8 Å². The molecule has 1 aliphatic heterocycles. The summed E-state index contributed by atoms with van der Waals surface area (Å²) in [6.45, 7) is 4.50. The zero-order valence-corrected chi connectivity index (χ0v) is 20.4. The first-order chi connectivity index (χ1) is 16.5. The van der Waals surface area contributed by atoms with Gasteiger partial charge in [-0.3, -0.25) is 14.5 Å². The van der Waals surface area contributed by atoms with E-state index >= 15 is 0 Å². The highest BCUT2D eigenvalue weighted by atomic mass is 35.5. The molecule has 0 aromatic heterocycles. The molecule has 34 heavy (non-hydrogen) atoms. The minimum atomic E-state index is -0.607. The zero-order chi connectivity index (χ0) is 24.5. The van der Waals surface area contributed by atoms with Crippen molar-refractivity contribution in [2.75, 3.05) is 6.61 Å². The molecule has 6 heteroatoms. The molecule has 5 nitrogen and oxygen atoms in total. The van der Waals surface area contributed by atoms with Gasteiger partial charge in [-0.25, -0.2) is 0 Å². The molecular weight excluding hydrogens is 448 g/mol. The largest absolute Gasteiger partial charge is 0.494 e. The van der Waals surface area contributed by atoms with Gasteiger partial charge in [0.05, 0.1) is 13.2 Å². The molecule has 0 aliphatic carbocycles. The molecule has 0 N–H and O–H groups in total. The summed E-state index contributed by atoms with van der Waals surface area (Å²) < 4.78 is 5.81. The van der Waals surface area contributed by atoms with Crippen molar-refractivity contribution in [3.05, 3.63) is 81.4 Å². The van der Waals surface area contributed by atoms with Crippen LogP contribution in [0.1, 0.15) is 57.1 Å². The molecule has 0 radical (unpaired) electrons. The Morgan fingerprint density at radius 2 is 1.71 bits per heavy atom. The Morgan fingerprint density at radius 3 is 2.38 bits per heavy atom. The summed E-state index contributed by atoms with van der Waals surface area (Å²) >= 11 is 6.23. The minimum Gasteiger partial charge on any atom is -0.494 e. The molecule has 1 heterocycles. The van der Waals surface area contributed by atoms with E-state index in [0.717, 1.165) is 29.1 Å². The number of ether oxygens (including phenoxy) is 1. The van der Waals surface area contributed by atoms with Gasteiger partial charge in [0.2, 0.25) is 0 Å². The number of carbonyl (C=O) groups excluding carboxylic acids is 2. The van der Waals surface area contributed by atoms with E-state index in [0.29, 0.717) is 28.3 Å². The highest BCUT2D eigenvalue weighted by Gasteiger charge is 2.35. The maximum Gasteiger partial charge on any atom is 0.271 e. The van der Waals surface area contributed by atoms with Crippen molar-refractivity contribution < 1.29 is 14.3 Å². The Morgan fingerprint density at radius 1 is 1.00 bits per heavy atom. The number of carbonyl (C=O) groups is 2. The summed E-state index contributed by atoms with van der Waals surface area (Å²) in [6, 6.07) is 16.4. The number of benzene rings is 2. The molecule has 2 aromatic carbocycles. The fourth-order valence-electron chi connectivity index (χ4n) is 3.79. The standard InChI is InChI=1S/C28H29ClN2O3/c1-3-4-5-6-9-16-34-23-14-12-21(13-15-23)17-24-20(2)25(18-30)28(33)31(27(24)32)19-22-10-7-8-11-26(22)29/h7-8,10-15,17H,3-6,9,16,19H2,1-2H3/b24-17+. The number of halogens is 1. The van der Waals surface area contributed by atoms with Gasteiger partial charge in [-0.15, -0.1) is 0 Å². The van der Waals surface area contributed by atoms with Crippen LogP contribution >= 0.6 is 11.6 Å². The van der Waals surface area contributed by atoms with Gasteiger partial charge < -0.3 is 4.74 Å². The first kappa shape index (κ1) is 25.3. The lowest BCUT2D eigenvalue weighted by Crippen LogP contribution is -2.42. The molecule has 176 valence electrons. The van der Waals surface area contributed by atoms with Crippen LogP contribution in [0.5, 0.6) is 5.75 Å². The summed E-state index contributed by atoms with van der Waals surface area (Å²) in [5, 5.41) is 10.0. The second kappa shape index (κ2) is 12.2. The lowest BCUT2D eigenvalue weighted by Gasteiger charge is -2.27. The van der Waals surface area contributed by atoms with Crippen LogP contribution in [0.15, 0.2) is 65.3 Å². The van der Waals surface area contributed by atoms with Crippen molar-refractivity contribution >= 4 is 29.5 Å². The molecular formula is C28H29ClN2O3. The predicted octanol–water partition coefficient (Wildman–Crippen LogP) is 6.48. The Hall–Kier alpha value is -3.36. The van der Waals surface area contributed by atoms with Gasteiger partial charge in [0.1, 0.15) is 17.4 Å². The first-order valence-electron chi connectivity index (χ1n) is 11.6. The zero-order valence-electron chi connectivity index (χ0n) is 19.6. The van der Waals surface area contributed by atoms with Gasteiger partial charge in [0.15, 0.2) is 0 Å². The molecule has 0 saturated heterocycles. The van der Waals surface area contributed by atoms with E-state index in [9.17, 15) is 14.9 Å². The predicted molar refractivity (Wildman–Crippen MR) is 134 cm³/mol. The third-order valence-corrected chi connectivity index (χ3v) is 6.19. The van der Waals surface area contributed by atoms with E-state index < -0.39 is 11.8 Å². The van der Waals surface area contributed by atoms with Crippen LogP contribution in [0.25, 0.3) is 6.08 Å². The number of nitriles is 1. The number of hydrogen-bond acceptors (Lipinski definition) is 4. The Bertz CT molecular complexity index is 1140. The highest BCUT2D eigenvalue weighted by Crippen LogP contribution is 2.29. The molecule has 3 rings (SSSR count). The molecule has 2 aromatic rings. The van der Waals surface area contributed by atoms with Crippen LogP contribution in [-0.2, 0) is 16.1 Å². The third kappa shape index (κ3) is 6.15. The van der Waals surface area contributed by atoms with Crippen molar-refractivity contribution in [2.24, 2.45) is 0 Å². The molecule has 1 aliphatic rings. The van der Waals surface area contributed by atoms with Gasteiger partial charge >= 0.3 is 0 Å². The Kier molecular flexibility index (Phi) is 9.07. The second-order valence-corrected chi connectivity index (χ2v) is 8.70. The summed E-state index contributed by atoms with van der Waals surface area (Å²) in [7, 11) is 0. The van der Waals surface area contributed by atoms with E-state index in [-0.39, 0.29) is 12.1 Å². The van der Waals surface area contributed by atoms with Gasteiger partial charge in [0, 0.05) is 10.6 Å². The van der Waals surface area contributed by atoms with Gasteiger partial charge in [-0.05, 0) is 54.3 Å². The molecule has 0 fully saturated rings. The maximum atomic E-state index is 13.3. The van der Waals surface area contributed by atoms with Crippen LogP contribution in [-0.4, -0.2) is 23.3 Å². The van der Waals surface area contributed by atoms with Crippen LogP contribution < -0.4 is 4.74 Å². The van der Waals surface area contributed by atoms with Crippen LogP contribution in [0.2, 0.25) is 5.02 Å². The van der Waals surface area contributed by atoms with Crippen LogP contribution in [0.3, 0.4) is 0 Å². The molecule has 0 atom stereocenters. The van der Waals surface area contributed by atoms with E-state index in [1.165, 1.54) is 19.3 Å². The SMILES string of the molecule is CCCCCCCOc1ccc(/C=C2/C(=O)N(Cc3ccccc3Cl)C(=O)C(C#N)=C2C)cc1. The number of rotatable bonds is 10. The summed E-state index contributed by atoms with van der Waals surface area (Å²) in [5.74, 6) is -0.285. The fraction of sp³-hybridized carbons (Fsp3) is 0.321.